The van der Waals surface area contributed by atoms with Gasteiger partial charge in [0.1, 0.15) is 5.75 Å². The average molecular weight is 446 g/mol. The fourth-order valence-corrected chi connectivity index (χ4v) is 4.57. The summed E-state index contributed by atoms with van der Waals surface area (Å²) >= 11 is 0. The first-order valence-electron chi connectivity index (χ1n) is 11.4. The number of pyridine rings is 1. The number of carbonyl (C=O) groups excluding carboxylic acids is 1. The molecule has 1 aromatic heterocycles. The van der Waals surface area contributed by atoms with Gasteiger partial charge in [0.2, 0.25) is 0 Å². The maximum Gasteiger partial charge on any atom is 0.262 e. The van der Waals surface area contributed by atoms with Crippen LogP contribution in [0.2, 0.25) is 0 Å². The summed E-state index contributed by atoms with van der Waals surface area (Å²) in [5, 5.41) is 1.01. The first kappa shape index (κ1) is 22.6. The van der Waals surface area contributed by atoms with Crippen LogP contribution in [0.5, 0.6) is 5.75 Å². The van der Waals surface area contributed by atoms with Crippen LogP contribution in [0.4, 0.5) is 5.69 Å². The molecule has 4 N–H and O–H groups in total. The smallest absolute Gasteiger partial charge is 0.262 e. The molecule has 4 rings (SSSR count). The molecule has 0 atom stereocenters. The zero-order chi connectivity index (χ0) is 23.2. The molecule has 33 heavy (non-hydrogen) atoms. The van der Waals surface area contributed by atoms with Gasteiger partial charge in [0.05, 0.1) is 30.1 Å². The van der Waals surface area contributed by atoms with Crippen LogP contribution in [-0.2, 0) is 0 Å². The van der Waals surface area contributed by atoms with E-state index in [2.05, 4.69) is 9.98 Å². The minimum atomic E-state index is -0.0767. The molecule has 1 aliphatic carbocycles. The third kappa shape index (κ3) is 5.42. The molecule has 2 aromatic carbocycles. The highest BCUT2D eigenvalue weighted by atomic mass is 16.5. The Morgan fingerprint density at radius 3 is 2.52 bits per heavy atom. The van der Waals surface area contributed by atoms with Gasteiger partial charge in [-0.2, -0.15) is 0 Å². The standard InChI is InChI=1S/C26H31N5O2/c1-33-24-9-5-3-7-22(24)25(32)31(21-14-20-6-2-4-8-23(20)29-16-21)17-19-12-10-18(11-13-19)15-30-26(27)28/h2-9,14,16,18-19H,10-13,15,17H2,1H3,(H4,27,28,30). The van der Waals surface area contributed by atoms with Gasteiger partial charge in [-0.3, -0.25) is 14.8 Å². The number of nitrogens with two attached hydrogens (primary N) is 2. The molecule has 7 nitrogen and oxygen atoms in total. The number of nitrogens with zero attached hydrogens (tertiary/aromatic N) is 3. The summed E-state index contributed by atoms with van der Waals surface area (Å²) in [5.74, 6) is 1.53. The van der Waals surface area contributed by atoms with E-state index in [1.165, 1.54) is 0 Å². The van der Waals surface area contributed by atoms with Crippen molar-refractivity contribution in [3.63, 3.8) is 0 Å². The quantitative estimate of drug-likeness (QED) is 0.423. The Morgan fingerprint density at radius 2 is 1.76 bits per heavy atom. The van der Waals surface area contributed by atoms with E-state index in [0.29, 0.717) is 36.2 Å². The Morgan fingerprint density at radius 1 is 1.06 bits per heavy atom. The van der Waals surface area contributed by atoms with Gasteiger partial charge in [0, 0.05) is 18.5 Å². The Balaban J connectivity index is 1.59. The zero-order valence-corrected chi connectivity index (χ0v) is 19.0. The number of para-hydroxylation sites is 2. The van der Waals surface area contributed by atoms with Crippen molar-refractivity contribution in [3.8, 4) is 5.75 Å². The van der Waals surface area contributed by atoms with E-state index < -0.39 is 0 Å². The van der Waals surface area contributed by atoms with Crippen molar-refractivity contribution in [2.45, 2.75) is 25.7 Å². The zero-order valence-electron chi connectivity index (χ0n) is 19.0. The highest BCUT2D eigenvalue weighted by Gasteiger charge is 2.28. The number of amides is 1. The van der Waals surface area contributed by atoms with Crippen LogP contribution in [0.3, 0.4) is 0 Å². The number of hydrogen-bond donors (Lipinski definition) is 2. The molecule has 0 spiro atoms. The predicted octanol–water partition coefficient (Wildman–Crippen LogP) is 3.97. The van der Waals surface area contributed by atoms with Crippen LogP contribution in [-0.4, -0.2) is 37.1 Å². The number of benzene rings is 2. The lowest BCUT2D eigenvalue weighted by Crippen LogP contribution is -2.37. The van der Waals surface area contributed by atoms with E-state index in [0.717, 1.165) is 42.3 Å². The summed E-state index contributed by atoms with van der Waals surface area (Å²) in [6.45, 7) is 1.30. The first-order valence-corrected chi connectivity index (χ1v) is 11.4. The Kier molecular flexibility index (Phi) is 7.07. The number of rotatable bonds is 7. The topological polar surface area (TPSA) is 107 Å². The van der Waals surface area contributed by atoms with Crippen LogP contribution < -0.4 is 21.1 Å². The summed E-state index contributed by atoms with van der Waals surface area (Å²) in [6, 6.07) is 17.4. The molecule has 0 aliphatic heterocycles. The number of aliphatic imine (C=N–C) groups is 1. The molecule has 1 aliphatic rings. The van der Waals surface area contributed by atoms with Crippen molar-refractivity contribution in [3.05, 3.63) is 66.4 Å². The number of aromatic nitrogens is 1. The normalized spacial score (nSPS) is 18.0. The fraction of sp³-hybridized carbons (Fsp3) is 0.346. The monoisotopic (exact) mass is 445 g/mol. The number of carbonyl (C=O) groups is 1. The van der Waals surface area contributed by atoms with Crippen LogP contribution >= 0.6 is 0 Å². The first-order chi connectivity index (χ1) is 16.0. The van der Waals surface area contributed by atoms with E-state index in [9.17, 15) is 4.79 Å². The van der Waals surface area contributed by atoms with Gasteiger partial charge in [-0.1, -0.05) is 30.3 Å². The highest BCUT2D eigenvalue weighted by Crippen LogP contribution is 2.32. The van der Waals surface area contributed by atoms with Crippen molar-refractivity contribution in [2.24, 2.45) is 28.3 Å². The van der Waals surface area contributed by atoms with Gasteiger partial charge in [-0.15, -0.1) is 0 Å². The van der Waals surface area contributed by atoms with Gasteiger partial charge >= 0.3 is 0 Å². The number of methoxy groups -OCH3 is 1. The van der Waals surface area contributed by atoms with Crippen LogP contribution in [0.15, 0.2) is 65.8 Å². The number of ether oxygens (including phenoxy) is 1. The minimum absolute atomic E-state index is 0.0767. The van der Waals surface area contributed by atoms with E-state index >= 15 is 0 Å². The van der Waals surface area contributed by atoms with E-state index in [1.807, 2.05) is 59.5 Å². The molecule has 0 bridgehead atoms. The Bertz CT molecular complexity index is 1130. The van der Waals surface area contributed by atoms with Crippen molar-refractivity contribution in [1.29, 1.82) is 0 Å². The van der Waals surface area contributed by atoms with Gasteiger partial charge in [-0.05, 0) is 61.8 Å². The van der Waals surface area contributed by atoms with Crippen molar-refractivity contribution in [1.82, 2.24) is 4.98 Å². The minimum Gasteiger partial charge on any atom is -0.496 e. The molecule has 3 aromatic rings. The number of guanidine groups is 1. The van der Waals surface area contributed by atoms with Crippen LogP contribution in [0.1, 0.15) is 36.0 Å². The lowest BCUT2D eigenvalue weighted by Gasteiger charge is -2.32. The fourth-order valence-electron chi connectivity index (χ4n) is 4.57. The Labute approximate surface area is 194 Å². The maximum absolute atomic E-state index is 13.7. The molecule has 172 valence electrons. The average Bonchev–Trinajstić information content (AvgIpc) is 2.86. The summed E-state index contributed by atoms with van der Waals surface area (Å²) < 4.78 is 5.48. The van der Waals surface area contributed by atoms with Gasteiger partial charge in [0.15, 0.2) is 5.96 Å². The van der Waals surface area contributed by atoms with Crippen LogP contribution in [0, 0.1) is 11.8 Å². The molecule has 0 radical (unpaired) electrons. The van der Waals surface area contributed by atoms with Gasteiger partial charge in [0.25, 0.3) is 5.91 Å². The molecule has 1 amide bonds. The lowest BCUT2D eigenvalue weighted by molar-refractivity contribution is 0.0976. The second kappa shape index (κ2) is 10.3. The molecular formula is C26H31N5O2. The number of anilines is 1. The number of fused-ring (bicyclic) bond motifs is 1. The molecule has 0 unspecified atom stereocenters. The summed E-state index contributed by atoms with van der Waals surface area (Å²) in [6.07, 6.45) is 5.95. The lowest BCUT2D eigenvalue weighted by atomic mass is 9.81. The predicted molar refractivity (Wildman–Crippen MR) is 133 cm³/mol. The largest absolute Gasteiger partial charge is 0.496 e. The number of hydrogen-bond acceptors (Lipinski definition) is 4. The Hall–Kier alpha value is -3.61. The second-order valence-corrected chi connectivity index (χ2v) is 8.65. The molecule has 0 saturated heterocycles. The maximum atomic E-state index is 13.7. The van der Waals surface area contributed by atoms with E-state index in [1.54, 1.807) is 13.3 Å². The van der Waals surface area contributed by atoms with Gasteiger partial charge in [-0.25, -0.2) is 0 Å². The van der Waals surface area contributed by atoms with E-state index in [4.69, 9.17) is 16.2 Å². The SMILES string of the molecule is COc1ccccc1C(=O)N(CC1CCC(CN=C(N)N)CC1)c1cnc2ccccc2c1. The second-order valence-electron chi connectivity index (χ2n) is 8.65. The van der Waals surface area contributed by atoms with E-state index in [-0.39, 0.29) is 11.9 Å². The van der Waals surface area contributed by atoms with Gasteiger partial charge < -0.3 is 21.1 Å². The van der Waals surface area contributed by atoms with Crippen molar-refractivity contribution in [2.75, 3.05) is 25.1 Å². The molecule has 1 fully saturated rings. The third-order valence-electron chi connectivity index (χ3n) is 6.41. The van der Waals surface area contributed by atoms with Crippen LogP contribution in [0.25, 0.3) is 10.9 Å². The highest BCUT2D eigenvalue weighted by molar-refractivity contribution is 6.08. The molecular weight excluding hydrogens is 414 g/mol. The summed E-state index contributed by atoms with van der Waals surface area (Å²) in [7, 11) is 1.59. The molecule has 1 heterocycles. The van der Waals surface area contributed by atoms with Crippen molar-refractivity contribution < 1.29 is 9.53 Å². The summed E-state index contributed by atoms with van der Waals surface area (Å²) in [4.78, 5) is 24.4. The van der Waals surface area contributed by atoms with Crippen molar-refractivity contribution >= 4 is 28.5 Å². The molecule has 7 heteroatoms. The molecule has 1 saturated carbocycles. The third-order valence-corrected chi connectivity index (χ3v) is 6.41. The summed E-state index contributed by atoms with van der Waals surface area (Å²) in [5.41, 5.74) is 13.2.